The SMILES string of the molecule is CO[C@H]1C[C@@H](N2CC/C=C/[C@H](O)[C@@H]3CC[C@H]3CN3C[C@@]4(CCCc5cc(Cl)ccc54)COc4ccc(cc43)C(=O)NS2(=O)=O)C1. The van der Waals surface area contributed by atoms with E-state index >= 15 is 0 Å². The zero-order valence-electron chi connectivity index (χ0n) is 25.7. The van der Waals surface area contributed by atoms with E-state index in [9.17, 15) is 18.3 Å². The van der Waals surface area contributed by atoms with Crippen molar-refractivity contribution < 1.29 is 27.8 Å². The molecule has 0 saturated heterocycles. The van der Waals surface area contributed by atoms with Gasteiger partial charge in [0.1, 0.15) is 5.75 Å². The maximum absolute atomic E-state index is 13.6. The number of carbonyl (C=O) groups excluding carboxylic acids is 1. The Labute approximate surface area is 270 Å². The van der Waals surface area contributed by atoms with Gasteiger partial charge in [-0.1, -0.05) is 29.8 Å². The Hall–Kier alpha value is -2.63. The summed E-state index contributed by atoms with van der Waals surface area (Å²) in [7, 11) is -2.51. The Balaban J connectivity index is 1.26. The first-order valence-corrected chi connectivity index (χ1v) is 18.0. The van der Waals surface area contributed by atoms with Crippen molar-refractivity contribution >= 4 is 33.4 Å². The van der Waals surface area contributed by atoms with Gasteiger partial charge in [-0.3, -0.25) is 4.79 Å². The van der Waals surface area contributed by atoms with Crippen molar-refractivity contribution in [2.24, 2.45) is 11.8 Å². The fraction of sp³-hybridized carbons (Fsp3) is 0.559. The van der Waals surface area contributed by atoms with E-state index in [1.165, 1.54) is 15.4 Å². The third-order valence-electron chi connectivity index (χ3n) is 10.9. The second kappa shape index (κ2) is 12.2. The molecule has 242 valence electrons. The lowest BCUT2D eigenvalue weighted by molar-refractivity contribution is -0.00402. The highest BCUT2D eigenvalue weighted by atomic mass is 35.5. The molecule has 9 nitrogen and oxygen atoms in total. The number of anilines is 1. The molecular formula is C34H42ClN3O6S. The monoisotopic (exact) mass is 655 g/mol. The van der Waals surface area contributed by atoms with Crippen LogP contribution in [0.5, 0.6) is 5.75 Å². The summed E-state index contributed by atoms with van der Waals surface area (Å²) >= 11 is 6.40. The molecule has 0 unspecified atom stereocenters. The van der Waals surface area contributed by atoms with Crippen LogP contribution in [0, 0.1) is 11.8 Å². The number of ether oxygens (including phenoxy) is 2. The van der Waals surface area contributed by atoms with Crippen LogP contribution in [-0.4, -0.2) is 75.3 Å². The van der Waals surface area contributed by atoms with Crippen LogP contribution >= 0.6 is 11.6 Å². The van der Waals surface area contributed by atoms with Gasteiger partial charge >= 0.3 is 10.2 Å². The van der Waals surface area contributed by atoms with Crippen LogP contribution in [0.1, 0.15) is 66.4 Å². The van der Waals surface area contributed by atoms with Crippen LogP contribution in [-0.2, 0) is 26.8 Å². The fourth-order valence-electron chi connectivity index (χ4n) is 8.09. The molecule has 1 amide bonds. The molecule has 2 aromatic carbocycles. The summed E-state index contributed by atoms with van der Waals surface area (Å²) in [5.74, 6) is 0.382. The van der Waals surface area contributed by atoms with Crippen LogP contribution in [0.15, 0.2) is 48.6 Å². The molecule has 7 rings (SSSR count). The van der Waals surface area contributed by atoms with Gasteiger partial charge in [-0.05, 0) is 105 Å². The zero-order valence-corrected chi connectivity index (χ0v) is 27.2. The first kappa shape index (κ1) is 31.0. The molecule has 2 aliphatic heterocycles. The minimum absolute atomic E-state index is 0.00106. The number of nitrogens with one attached hydrogen (secondary N) is 1. The summed E-state index contributed by atoms with van der Waals surface area (Å²) < 4.78 is 42.9. The third kappa shape index (κ3) is 5.89. The van der Waals surface area contributed by atoms with Crippen molar-refractivity contribution in [2.75, 3.05) is 38.3 Å². The van der Waals surface area contributed by atoms with E-state index in [1.807, 2.05) is 18.2 Å². The largest absolute Gasteiger partial charge is 0.490 e. The van der Waals surface area contributed by atoms with Crippen LogP contribution < -0.4 is 14.4 Å². The fourth-order valence-corrected chi connectivity index (χ4v) is 9.66. The van der Waals surface area contributed by atoms with Gasteiger partial charge in [0, 0.05) is 48.8 Å². The molecule has 2 saturated carbocycles. The molecule has 2 heterocycles. The van der Waals surface area contributed by atoms with E-state index < -0.39 is 22.2 Å². The smallest absolute Gasteiger partial charge is 0.304 e. The van der Waals surface area contributed by atoms with E-state index in [1.54, 1.807) is 25.3 Å². The van der Waals surface area contributed by atoms with Gasteiger partial charge in [0.05, 0.1) is 24.5 Å². The Morgan fingerprint density at radius 3 is 2.78 bits per heavy atom. The summed E-state index contributed by atoms with van der Waals surface area (Å²) in [6.45, 7) is 2.09. The number of amides is 1. The summed E-state index contributed by atoms with van der Waals surface area (Å²) in [6.07, 6.45) is 9.57. The molecule has 1 spiro atoms. The van der Waals surface area contributed by atoms with E-state index in [0.29, 0.717) is 44.7 Å². The van der Waals surface area contributed by atoms with Gasteiger partial charge < -0.3 is 19.5 Å². The van der Waals surface area contributed by atoms with Crippen molar-refractivity contribution in [3.63, 3.8) is 0 Å². The van der Waals surface area contributed by atoms with Crippen LogP contribution in [0.2, 0.25) is 5.02 Å². The second-order valence-electron chi connectivity index (χ2n) is 13.5. The Bertz CT molecular complexity index is 1590. The van der Waals surface area contributed by atoms with E-state index in [-0.39, 0.29) is 41.5 Å². The van der Waals surface area contributed by atoms with Crippen molar-refractivity contribution in [3.05, 3.63) is 70.3 Å². The number of rotatable bonds is 2. The van der Waals surface area contributed by atoms with E-state index in [0.717, 1.165) is 42.8 Å². The summed E-state index contributed by atoms with van der Waals surface area (Å²) in [4.78, 5) is 15.9. The number of carbonyl (C=O) groups is 1. The molecule has 0 radical (unpaired) electrons. The van der Waals surface area contributed by atoms with E-state index in [4.69, 9.17) is 21.1 Å². The highest BCUT2D eigenvalue weighted by Gasteiger charge is 2.45. The summed E-state index contributed by atoms with van der Waals surface area (Å²) in [6, 6.07) is 11.1. The molecule has 11 heteroatoms. The first-order chi connectivity index (χ1) is 21.7. The molecule has 2 N–H and O–H groups in total. The van der Waals surface area contributed by atoms with Gasteiger partial charge in [0.15, 0.2) is 0 Å². The predicted octanol–water partition coefficient (Wildman–Crippen LogP) is 4.61. The maximum atomic E-state index is 13.6. The molecule has 2 aromatic rings. The molecule has 2 fully saturated rings. The molecule has 2 bridgehead atoms. The summed E-state index contributed by atoms with van der Waals surface area (Å²) in [5, 5.41) is 11.9. The number of fused-ring (bicyclic) bond motifs is 4. The average Bonchev–Trinajstić information content (AvgIpc) is 3.12. The van der Waals surface area contributed by atoms with Gasteiger partial charge in [0.25, 0.3) is 5.91 Å². The molecule has 5 aliphatic rings. The van der Waals surface area contributed by atoms with Crippen molar-refractivity contribution in [1.82, 2.24) is 9.03 Å². The topological polar surface area (TPSA) is 108 Å². The number of methoxy groups -OCH3 is 1. The Morgan fingerprint density at radius 2 is 2.00 bits per heavy atom. The lowest BCUT2D eigenvalue weighted by Crippen LogP contribution is -2.54. The average molecular weight is 656 g/mol. The van der Waals surface area contributed by atoms with Gasteiger partial charge in [-0.25, -0.2) is 4.72 Å². The lowest BCUT2D eigenvalue weighted by Gasteiger charge is -2.45. The molecule has 3 aliphatic carbocycles. The van der Waals surface area contributed by atoms with Crippen molar-refractivity contribution in [3.8, 4) is 5.75 Å². The first-order valence-electron chi connectivity index (χ1n) is 16.2. The Morgan fingerprint density at radius 1 is 1.16 bits per heavy atom. The normalized spacial score (nSPS) is 33.8. The van der Waals surface area contributed by atoms with Crippen LogP contribution in [0.3, 0.4) is 0 Å². The van der Waals surface area contributed by atoms with Crippen LogP contribution in [0.4, 0.5) is 5.69 Å². The number of aliphatic hydroxyl groups is 1. The van der Waals surface area contributed by atoms with Crippen molar-refractivity contribution in [1.29, 1.82) is 0 Å². The van der Waals surface area contributed by atoms with Gasteiger partial charge in [0.2, 0.25) is 0 Å². The number of aryl methyl sites for hydroxylation is 1. The number of nitrogens with zero attached hydrogens (tertiary/aromatic N) is 2. The lowest BCUT2D eigenvalue weighted by atomic mass is 9.68. The molecule has 45 heavy (non-hydrogen) atoms. The highest BCUT2D eigenvalue weighted by Crippen LogP contribution is 2.47. The highest BCUT2D eigenvalue weighted by molar-refractivity contribution is 7.87. The number of benzene rings is 2. The number of aliphatic hydroxyl groups excluding tert-OH is 1. The quantitative estimate of drug-likeness (QED) is 0.455. The number of halogens is 1. The second-order valence-corrected chi connectivity index (χ2v) is 15.6. The van der Waals surface area contributed by atoms with Crippen molar-refractivity contribution in [2.45, 2.75) is 75.0 Å². The molecular weight excluding hydrogens is 614 g/mol. The minimum Gasteiger partial charge on any atom is -0.490 e. The molecule has 4 atom stereocenters. The number of hydrogen-bond donors (Lipinski definition) is 2. The summed E-state index contributed by atoms with van der Waals surface area (Å²) in [5.41, 5.74) is 3.27. The zero-order chi connectivity index (χ0) is 31.3. The van der Waals surface area contributed by atoms with Gasteiger partial charge in [-0.2, -0.15) is 12.7 Å². The Kier molecular flexibility index (Phi) is 8.40. The standard InChI is InChI=1S/C34H42ClN3O6S/c1-43-27-17-26(18-27)38-14-3-2-6-31(39)28-10-7-24(28)19-37-20-34(13-4-5-22-15-25(35)9-11-29(22)34)21-44-32-12-8-23(16-30(32)37)33(40)36-45(38,41)42/h2,6,8-9,11-12,15-16,24,26-28,31,39H,3-5,7,10,13-14,17-21H2,1H3,(H,36,40)/b6-2+/t24-,26-,27+,28+,31-,34-/m0/s1. The van der Waals surface area contributed by atoms with Crippen LogP contribution in [0.25, 0.3) is 0 Å². The maximum Gasteiger partial charge on any atom is 0.304 e. The minimum atomic E-state index is -4.14. The van der Waals surface area contributed by atoms with Gasteiger partial charge in [-0.15, -0.1) is 0 Å². The molecule has 0 aromatic heterocycles. The van der Waals surface area contributed by atoms with E-state index in [2.05, 4.69) is 21.8 Å². The predicted molar refractivity (Wildman–Crippen MR) is 173 cm³/mol. The number of hydrogen-bond acceptors (Lipinski definition) is 7. The third-order valence-corrected chi connectivity index (χ3v) is 12.6.